The first kappa shape index (κ1) is 16.1. The third kappa shape index (κ3) is 4.64. The summed E-state index contributed by atoms with van der Waals surface area (Å²) in [5, 5.41) is 2.53. The van der Waals surface area contributed by atoms with Crippen molar-refractivity contribution in [2.45, 2.75) is 39.1 Å². The maximum absolute atomic E-state index is 12.7. The van der Waals surface area contributed by atoms with E-state index in [1.165, 1.54) is 6.07 Å². The van der Waals surface area contributed by atoms with E-state index in [0.29, 0.717) is 6.07 Å². The van der Waals surface area contributed by atoms with Crippen LogP contribution in [0.1, 0.15) is 42.3 Å². The second kappa shape index (κ2) is 5.60. The van der Waals surface area contributed by atoms with Gasteiger partial charge in [0.05, 0.1) is 11.1 Å². The molecule has 0 bridgehead atoms. The summed E-state index contributed by atoms with van der Waals surface area (Å²) in [6.07, 6.45) is -4.62. The fraction of sp³-hybridized carbons (Fsp3) is 0.462. The molecule has 4 nitrogen and oxygen atoms in total. The number of rotatable bonds is 3. The molecule has 0 N–H and O–H groups in total. The highest BCUT2D eigenvalue weighted by Crippen LogP contribution is 2.31. The van der Waals surface area contributed by atoms with E-state index < -0.39 is 29.9 Å². The zero-order valence-corrected chi connectivity index (χ0v) is 11.2. The van der Waals surface area contributed by atoms with E-state index in [9.17, 15) is 22.9 Å². The summed E-state index contributed by atoms with van der Waals surface area (Å²) in [6, 6.07) is 2.66. The quantitative estimate of drug-likeness (QED) is 0.626. The Morgan fingerprint density at radius 3 is 2.25 bits per heavy atom. The Labute approximate surface area is 113 Å². The minimum absolute atomic E-state index is 0.00989. The highest BCUT2D eigenvalue weighted by atomic mass is 19.4. The van der Waals surface area contributed by atoms with Gasteiger partial charge in [-0.15, -0.1) is 0 Å². The first-order valence-corrected chi connectivity index (χ1v) is 5.76. The van der Waals surface area contributed by atoms with Crippen LogP contribution in [0.3, 0.4) is 0 Å². The van der Waals surface area contributed by atoms with Gasteiger partial charge in [0, 0.05) is 0 Å². The molecule has 1 aromatic carbocycles. The fourth-order valence-electron chi connectivity index (χ4n) is 1.48. The summed E-state index contributed by atoms with van der Waals surface area (Å²) < 4.78 is 43.2. The maximum Gasteiger partial charge on any atom is 0.416 e. The van der Waals surface area contributed by atoms with Crippen molar-refractivity contribution in [3.05, 3.63) is 39.8 Å². The fourth-order valence-corrected chi connectivity index (χ4v) is 1.48. The Hall–Kier alpha value is -1.92. The molecule has 20 heavy (non-hydrogen) atoms. The molecule has 7 heteroatoms. The monoisotopic (exact) mass is 289 g/mol. The summed E-state index contributed by atoms with van der Waals surface area (Å²) >= 11 is 0. The SMILES string of the molecule is CC(C)(C)OC(=O)c1cc(CN=O)cc(C(F)(F)F)c1. The third-order valence-electron chi connectivity index (χ3n) is 2.20. The van der Waals surface area contributed by atoms with E-state index in [0.717, 1.165) is 6.07 Å². The van der Waals surface area contributed by atoms with E-state index in [2.05, 4.69) is 5.18 Å². The topological polar surface area (TPSA) is 55.7 Å². The van der Waals surface area contributed by atoms with Gasteiger partial charge >= 0.3 is 12.1 Å². The number of nitrogens with zero attached hydrogens (tertiary/aromatic N) is 1. The Balaban J connectivity index is 3.22. The van der Waals surface area contributed by atoms with Gasteiger partial charge in [0.25, 0.3) is 0 Å². The summed E-state index contributed by atoms with van der Waals surface area (Å²) in [4.78, 5) is 22.0. The molecule has 0 atom stereocenters. The second-order valence-electron chi connectivity index (χ2n) is 5.21. The average Bonchev–Trinajstić information content (AvgIpc) is 2.25. The summed E-state index contributed by atoms with van der Waals surface area (Å²) in [6.45, 7) is 4.37. The molecule has 1 aromatic rings. The van der Waals surface area contributed by atoms with E-state index in [1.54, 1.807) is 20.8 Å². The van der Waals surface area contributed by atoms with E-state index >= 15 is 0 Å². The van der Waals surface area contributed by atoms with Crippen LogP contribution in [-0.2, 0) is 17.5 Å². The van der Waals surface area contributed by atoms with Crippen molar-refractivity contribution >= 4 is 5.97 Å². The Kier molecular flexibility index (Phi) is 4.52. The van der Waals surface area contributed by atoms with E-state index in [1.807, 2.05) is 0 Å². The van der Waals surface area contributed by atoms with Crippen molar-refractivity contribution in [2.24, 2.45) is 5.18 Å². The van der Waals surface area contributed by atoms with Crippen LogP contribution in [0.15, 0.2) is 23.4 Å². The van der Waals surface area contributed by atoms with Crippen molar-refractivity contribution < 1.29 is 22.7 Å². The van der Waals surface area contributed by atoms with Crippen LogP contribution < -0.4 is 0 Å². The Bertz CT molecular complexity index is 519. The molecule has 0 aromatic heterocycles. The molecule has 0 aliphatic carbocycles. The van der Waals surface area contributed by atoms with Gasteiger partial charge in [-0.25, -0.2) is 4.79 Å². The third-order valence-corrected chi connectivity index (χ3v) is 2.20. The van der Waals surface area contributed by atoms with Crippen LogP contribution in [0.25, 0.3) is 0 Å². The average molecular weight is 289 g/mol. The molecule has 0 saturated heterocycles. The number of nitroso groups, excluding NO2 is 1. The number of hydrogen-bond donors (Lipinski definition) is 0. The van der Waals surface area contributed by atoms with Gasteiger partial charge in [-0.1, -0.05) is 5.18 Å². The van der Waals surface area contributed by atoms with Crippen molar-refractivity contribution in [1.82, 2.24) is 0 Å². The van der Waals surface area contributed by atoms with Crippen LogP contribution in [0.4, 0.5) is 13.2 Å². The lowest BCUT2D eigenvalue weighted by Gasteiger charge is -2.20. The molecule has 1 rings (SSSR count). The number of alkyl halides is 3. The van der Waals surface area contributed by atoms with Crippen molar-refractivity contribution in [3.63, 3.8) is 0 Å². The Morgan fingerprint density at radius 1 is 1.20 bits per heavy atom. The highest BCUT2D eigenvalue weighted by molar-refractivity contribution is 5.90. The molecule has 0 spiro atoms. The van der Waals surface area contributed by atoms with Crippen molar-refractivity contribution in [2.75, 3.05) is 0 Å². The van der Waals surface area contributed by atoms with Gasteiger partial charge in [0.1, 0.15) is 12.1 Å². The number of benzene rings is 1. The molecule has 110 valence electrons. The molecular weight excluding hydrogens is 275 g/mol. The van der Waals surface area contributed by atoms with E-state index in [4.69, 9.17) is 4.74 Å². The molecule has 0 fully saturated rings. The molecular formula is C13H14F3NO3. The molecule has 0 radical (unpaired) electrons. The molecule has 0 amide bonds. The van der Waals surface area contributed by atoms with Crippen LogP contribution >= 0.6 is 0 Å². The van der Waals surface area contributed by atoms with E-state index in [-0.39, 0.29) is 11.1 Å². The number of carbonyl (C=O) groups excluding carboxylic acids is 1. The minimum atomic E-state index is -4.62. The summed E-state index contributed by atoms with van der Waals surface area (Å²) in [5.41, 5.74) is -2.09. The number of halogens is 3. The van der Waals surface area contributed by atoms with Gasteiger partial charge in [-0.3, -0.25) is 0 Å². The van der Waals surface area contributed by atoms with Crippen LogP contribution in [0, 0.1) is 4.91 Å². The van der Waals surface area contributed by atoms with Gasteiger partial charge in [0.2, 0.25) is 0 Å². The van der Waals surface area contributed by atoms with Crippen LogP contribution in [0.2, 0.25) is 0 Å². The van der Waals surface area contributed by atoms with Crippen LogP contribution in [-0.4, -0.2) is 11.6 Å². The molecule has 0 aliphatic heterocycles. The Morgan fingerprint density at radius 2 is 1.80 bits per heavy atom. The zero-order chi connectivity index (χ0) is 15.6. The summed E-state index contributed by atoms with van der Waals surface area (Å²) in [5.74, 6) is -0.879. The minimum Gasteiger partial charge on any atom is -0.456 e. The lowest BCUT2D eigenvalue weighted by atomic mass is 10.0. The van der Waals surface area contributed by atoms with Crippen molar-refractivity contribution in [3.8, 4) is 0 Å². The van der Waals surface area contributed by atoms with Crippen LogP contribution in [0.5, 0.6) is 0 Å². The highest BCUT2D eigenvalue weighted by Gasteiger charge is 2.32. The zero-order valence-electron chi connectivity index (χ0n) is 11.2. The maximum atomic E-state index is 12.7. The van der Waals surface area contributed by atoms with Gasteiger partial charge in [-0.2, -0.15) is 18.1 Å². The van der Waals surface area contributed by atoms with Gasteiger partial charge in [-0.05, 0) is 44.5 Å². The smallest absolute Gasteiger partial charge is 0.416 e. The second-order valence-corrected chi connectivity index (χ2v) is 5.21. The lowest BCUT2D eigenvalue weighted by molar-refractivity contribution is -0.137. The standard InChI is InChI=1S/C13H14F3NO3/c1-12(2,3)20-11(18)9-4-8(7-17-19)5-10(6-9)13(14,15)16/h4-6H,7H2,1-3H3. The molecule has 0 unspecified atom stereocenters. The van der Waals surface area contributed by atoms with Gasteiger partial charge < -0.3 is 4.74 Å². The predicted molar refractivity (Wildman–Crippen MR) is 66.1 cm³/mol. The molecule has 0 aliphatic rings. The number of esters is 1. The van der Waals surface area contributed by atoms with Crippen molar-refractivity contribution in [1.29, 1.82) is 0 Å². The molecule has 0 heterocycles. The number of hydrogen-bond acceptors (Lipinski definition) is 4. The molecule has 0 saturated carbocycles. The first-order valence-electron chi connectivity index (χ1n) is 5.76. The predicted octanol–water partition coefficient (Wildman–Crippen LogP) is 3.93. The lowest BCUT2D eigenvalue weighted by Crippen LogP contribution is -2.24. The largest absolute Gasteiger partial charge is 0.456 e. The summed E-state index contributed by atoms with van der Waals surface area (Å²) in [7, 11) is 0. The number of ether oxygens (including phenoxy) is 1. The number of carbonyl (C=O) groups is 1. The first-order chi connectivity index (χ1) is 9.03. The van der Waals surface area contributed by atoms with Gasteiger partial charge in [0.15, 0.2) is 0 Å². The normalized spacial score (nSPS) is 12.1.